The Labute approximate surface area is 61.8 Å². The predicted octanol–water partition coefficient (Wildman–Crippen LogP) is 1.22. The van der Waals surface area contributed by atoms with E-state index < -0.39 is 0 Å². The van der Waals surface area contributed by atoms with Gasteiger partial charge in [-0.05, 0) is 0 Å². The number of carbonyl (C=O) groups excluding carboxylic acids is 2. The molecule has 0 radical (unpaired) electrons. The summed E-state index contributed by atoms with van der Waals surface area (Å²) in [5, 5.41) is 11.0. The van der Waals surface area contributed by atoms with Gasteiger partial charge >= 0.3 is 0 Å². The molecule has 0 bridgehead atoms. The van der Waals surface area contributed by atoms with Crippen LogP contribution < -0.4 is 0 Å². The van der Waals surface area contributed by atoms with E-state index in [0.29, 0.717) is 0 Å². The van der Waals surface area contributed by atoms with Gasteiger partial charge in [-0.1, -0.05) is 0 Å². The molecule has 0 rings (SSSR count). The van der Waals surface area contributed by atoms with Crippen LogP contribution in [-0.4, -0.2) is 17.5 Å². The van der Waals surface area contributed by atoms with Gasteiger partial charge in [0, 0.05) is 0 Å². The standard InChI is InChI=1S/CH2Cl2.2CHNO/c3*2-1-3/h1H2;2*2H. The highest BCUT2D eigenvalue weighted by Crippen LogP contribution is 1.73. The van der Waals surface area contributed by atoms with Crippen molar-refractivity contribution in [2.75, 3.05) is 5.34 Å². The lowest BCUT2D eigenvalue weighted by Crippen LogP contribution is -1.24. The summed E-state index contributed by atoms with van der Waals surface area (Å²) in [6.45, 7) is 0. The van der Waals surface area contributed by atoms with Gasteiger partial charge in [0.1, 0.15) is 0 Å². The lowest BCUT2D eigenvalue weighted by Gasteiger charge is -1.42. The zero-order valence-corrected chi connectivity index (χ0v) is 5.79. The molecular formula is C3H4Cl2N2O2. The molecule has 0 aliphatic rings. The minimum absolute atomic E-state index is 0.194. The van der Waals surface area contributed by atoms with Crippen LogP contribution in [0.1, 0.15) is 0 Å². The molecule has 0 heterocycles. The van der Waals surface area contributed by atoms with Crippen LogP contribution in [0, 0.1) is 10.8 Å². The molecule has 0 aromatic carbocycles. The van der Waals surface area contributed by atoms with E-state index in [-0.39, 0.29) is 5.34 Å². The maximum atomic E-state index is 8.35. The first-order valence-corrected chi connectivity index (χ1v) is 2.51. The number of halogens is 2. The van der Waals surface area contributed by atoms with E-state index in [1.807, 2.05) is 0 Å². The first-order valence-electron chi connectivity index (χ1n) is 1.44. The van der Waals surface area contributed by atoms with E-state index in [1.54, 1.807) is 0 Å². The van der Waals surface area contributed by atoms with Crippen LogP contribution in [0.25, 0.3) is 0 Å². The maximum absolute atomic E-state index is 8.35. The van der Waals surface area contributed by atoms with Crippen molar-refractivity contribution in [3.05, 3.63) is 0 Å². The third kappa shape index (κ3) is 480. The summed E-state index contributed by atoms with van der Waals surface area (Å²) in [4.78, 5) is 16.7. The fourth-order valence-corrected chi connectivity index (χ4v) is 0. The number of hydrogen-bond acceptors (Lipinski definition) is 4. The number of rotatable bonds is 0. The Morgan fingerprint density at radius 2 is 1.11 bits per heavy atom. The Balaban J connectivity index is -0.0000000600. The minimum Gasteiger partial charge on any atom is -0.222 e. The molecule has 0 fully saturated rings. The van der Waals surface area contributed by atoms with Crippen LogP contribution >= 0.6 is 23.2 Å². The van der Waals surface area contributed by atoms with Gasteiger partial charge in [0.2, 0.25) is 12.2 Å². The van der Waals surface area contributed by atoms with Gasteiger partial charge in [0.05, 0.1) is 5.34 Å². The normalized spacial score (nSPS) is 3.78. The second-order valence-electron chi connectivity index (χ2n) is 0.305. The highest BCUT2D eigenvalue weighted by molar-refractivity contribution is 6.40. The average Bonchev–Trinajstić information content (AvgIpc) is 1.70. The van der Waals surface area contributed by atoms with E-state index >= 15 is 0 Å². The van der Waals surface area contributed by atoms with E-state index in [2.05, 4.69) is 0 Å². The van der Waals surface area contributed by atoms with Crippen molar-refractivity contribution in [1.29, 1.82) is 10.8 Å². The summed E-state index contributed by atoms with van der Waals surface area (Å²) in [5.74, 6) is 0. The minimum atomic E-state index is 0.194. The molecule has 4 nitrogen and oxygen atoms in total. The largest absolute Gasteiger partial charge is 0.231 e. The van der Waals surface area contributed by atoms with Crippen molar-refractivity contribution in [3.63, 3.8) is 0 Å². The highest BCUT2D eigenvalue weighted by atomic mass is 35.5. The summed E-state index contributed by atoms with van der Waals surface area (Å²) >= 11 is 9.53. The Bertz CT molecular complexity index is 82.0. The topological polar surface area (TPSA) is 81.8 Å². The summed E-state index contributed by atoms with van der Waals surface area (Å²) < 4.78 is 0. The second kappa shape index (κ2) is 53.9. The molecule has 0 aliphatic carbocycles. The number of alkyl halides is 2. The van der Waals surface area contributed by atoms with Crippen LogP contribution in [0.3, 0.4) is 0 Å². The van der Waals surface area contributed by atoms with E-state index in [1.165, 1.54) is 0 Å². The number of nitrogens with one attached hydrogen (secondary N) is 2. The molecule has 0 atom stereocenters. The molecule has 0 aliphatic heterocycles. The molecule has 6 heteroatoms. The van der Waals surface area contributed by atoms with Crippen molar-refractivity contribution in [2.24, 2.45) is 0 Å². The molecule has 0 aromatic rings. The summed E-state index contributed by atoms with van der Waals surface area (Å²) in [6.07, 6.45) is 1.50. The van der Waals surface area contributed by atoms with Gasteiger partial charge in [0.15, 0.2) is 0 Å². The van der Waals surface area contributed by atoms with Crippen molar-refractivity contribution in [2.45, 2.75) is 0 Å². The first kappa shape index (κ1) is 15.8. The Kier molecular flexibility index (Phi) is 94.3. The third-order valence-corrected chi connectivity index (χ3v) is 0. The number of hydrogen-bond donors (Lipinski definition) is 2. The van der Waals surface area contributed by atoms with Crippen LogP contribution in [0.5, 0.6) is 0 Å². The highest BCUT2D eigenvalue weighted by Gasteiger charge is 1.41. The van der Waals surface area contributed by atoms with Crippen molar-refractivity contribution in [3.8, 4) is 0 Å². The molecule has 52 valence electrons. The molecule has 0 amide bonds. The Hall–Kier alpha value is -0.660. The maximum Gasteiger partial charge on any atom is 0.231 e. The quantitative estimate of drug-likeness (QED) is 0.326. The molecule has 0 aromatic heterocycles. The fourth-order valence-electron chi connectivity index (χ4n) is 0. The molecule has 0 saturated heterocycles. The lowest BCUT2D eigenvalue weighted by atomic mass is 11.7. The van der Waals surface area contributed by atoms with Crippen LogP contribution in [-0.2, 0) is 9.59 Å². The first-order chi connectivity index (χ1) is 4.24. The molecular weight excluding hydrogens is 167 g/mol. The number of isocyanates is 2. The summed E-state index contributed by atoms with van der Waals surface area (Å²) in [7, 11) is 0. The lowest BCUT2D eigenvalue weighted by molar-refractivity contribution is 0.562. The smallest absolute Gasteiger partial charge is 0.222 e. The van der Waals surface area contributed by atoms with E-state index in [9.17, 15) is 0 Å². The second-order valence-corrected chi connectivity index (χ2v) is 1.11. The Morgan fingerprint density at radius 1 is 1.11 bits per heavy atom. The van der Waals surface area contributed by atoms with Gasteiger partial charge in [-0.15, -0.1) is 23.2 Å². The van der Waals surface area contributed by atoms with Crippen LogP contribution in [0.2, 0.25) is 0 Å². The van der Waals surface area contributed by atoms with E-state index in [0.717, 1.165) is 12.2 Å². The predicted molar refractivity (Wildman–Crippen MR) is 33.4 cm³/mol. The van der Waals surface area contributed by atoms with Crippen molar-refractivity contribution < 1.29 is 9.59 Å². The fraction of sp³-hybridized carbons (Fsp3) is 0.333. The monoisotopic (exact) mass is 170 g/mol. The zero-order valence-electron chi connectivity index (χ0n) is 4.28. The Morgan fingerprint density at radius 3 is 1.11 bits per heavy atom. The van der Waals surface area contributed by atoms with Gasteiger partial charge in [-0.3, -0.25) is 0 Å². The SMILES string of the molecule is ClCCl.N=C=O.N=C=O. The van der Waals surface area contributed by atoms with Crippen LogP contribution in [0.15, 0.2) is 0 Å². The van der Waals surface area contributed by atoms with Gasteiger partial charge in [0.25, 0.3) is 0 Å². The average molecular weight is 171 g/mol. The van der Waals surface area contributed by atoms with Gasteiger partial charge in [-0.25, -0.2) is 20.4 Å². The molecule has 2 N–H and O–H groups in total. The molecule has 9 heavy (non-hydrogen) atoms. The van der Waals surface area contributed by atoms with Gasteiger partial charge < -0.3 is 0 Å². The molecule has 0 unspecified atom stereocenters. The van der Waals surface area contributed by atoms with Crippen LogP contribution in [0.4, 0.5) is 0 Å². The molecule has 0 saturated carbocycles. The third-order valence-electron chi connectivity index (χ3n) is 0. The summed E-state index contributed by atoms with van der Waals surface area (Å²) in [6, 6.07) is 0. The van der Waals surface area contributed by atoms with Crippen molar-refractivity contribution >= 4 is 35.4 Å². The zero-order chi connectivity index (χ0) is 8.12. The molecule has 0 spiro atoms. The summed E-state index contributed by atoms with van der Waals surface area (Å²) in [5.41, 5.74) is 0. The van der Waals surface area contributed by atoms with E-state index in [4.69, 9.17) is 43.6 Å². The van der Waals surface area contributed by atoms with Crippen molar-refractivity contribution in [1.82, 2.24) is 0 Å². The van der Waals surface area contributed by atoms with Gasteiger partial charge in [-0.2, -0.15) is 0 Å².